The number of hydrogen-bond donors (Lipinski definition) is 0. The van der Waals surface area contributed by atoms with Gasteiger partial charge in [-0.15, -0.1) is 0 Å². The molecular weight excluding hydrogens is 274 g/mol. The Morgan fingerprint density at radius 1 is 1.32 bits per heavy atom. The van der Waals surface area contributed by atoms with Crippen LogP contribution in [0.25, 0.3) is 11.4 Å². The lowest BCUT2D eigenvalue weighted by molar-refractivity contribution is 0.655. The number of aromatic nitrogens is 3. The van der Waals surface area contributed by atoms with Crippen LogP contribution >= 0.6 is 23.8 Å². The first kappa shape index (κ1) is 12.7. The molecule has 0 unspecified atom stereocenters. The lowest BCUT2D eigenvalue weighted by Crippen LogP contribution is -2.01. The maximum absolute atomic E-state index is 5.47. The van der Waals surface area contributed by atoms with Crippen molar-refractivity contribution in [2.24, 2.45) is 0 Å². The van der Waals surface area contributed by atoms with Crippen molar-refractivity contribution in [2.45, 2.75) is 33.2 Å². The molecule has 0 saturated carbocycles. The van der Waals surface area contributed by atoms with Gasteiger partial charge in [-0.1, -0.05) is 37.1 Å². The summed E-state index contributed by atoms with van der Waals surface area (Å²) in [5, 5.41) is 1.12. The van der Waals surface area contributed by atoms with Crippen LogP contribution in [0.5, 0.6) is 0 Å². The largest absolute Gasteiger partial charge is 0.302 e. The molecule has 0 aromatic rings. The summed E-state index contributed by atoms with van der Waals surface area (Å²) in [7, 11) is 0. The first-order valence-electron chi connectivity index (χ1n) is 6.46. The summed E-state index contributed by atoms with van der Waals surface area (Å²) in [4.78, 5) is 8.64. The monoisotopic (exact) mass is 289 g/mol. The predicted molar refractivity (Wildman–Crippen MR) is 80.3 cm³/mol. The zero-order valence-electron chi connectivity index (χ0n) is 11.0. The highest BCUT2D eigenvalue weighted by molar-refractivity contribution is 7.71. The topological polar surface area (TPSA) is 30.7 Å². The van der Waals surface area contributed by atoms with Gasteiger partial charge in [0.15, 0.2) is 0 Å². The van der Waals surface area contributed by atoms with Crippen LogP contribution < -0.4 is 0 Å². The maximum atomic E-state index is 5.47. The Kier molecular flexibility index (Phi) is 3.33. The molecule has 0 spiro atoms. The lowest BCUT2D eigenvalue weighted by Gasteiger charge is -2.10. The smallest absolute Gasteiger partial charge is 0.116 e. The van der Waals surface area contributed by atoms with Crippen molar-refractivity contribution in [1.82, 2.24) is 13.9 Å². The molecule has 19 heavy (non-hydrogen) atoms. The summed E-state index contributed by atoms with van der Waals surface area (Å²) in [5.41, 5.74) is 3.13. The van der Waals surface area contributed by atoms with Gasteiger partial charge in [0, 0.05) is 22.0 Å². The highest BCUT2D eigenvalue weighted by atomic mass is 32.1. The number of aryl methyl sites for hydroxylation is 2. The molecule has 0 amide bonds. The average molecular weight is 289 g/mol. The molecule has 1 aliphatic carbocycles. The normalized spacial score (nSPS) is 11.5. The Bertz CT molecular complexity index is 803. The van der Waals surface area contributed by atoms with Gasteiger partial charge in [-0.3, -0.25) is 0 Å². The Hall–Kier alpha value is -1.33. The van der Waals surface area contributed by atoms with Crippen LogP contribution in [0.2, 0.25) is 0 Å². The highest BCUT2D eigenvalue weighted by Gasteiger charge is 2.11. The molecule has 0 N–H and O–H groups in total. The molecule has 98 valence electrons. The van der Waals surface area contributed by atoms with E-state index in [1.165, 1.54) is 18.5 Å². The van der Waals surface area contributed by atoms with Crippen LogP contribution in [0.15, 0.2) is 18.5 Å². The molecule has 2 aliphatic heterocycles. The van der Waals surface area contributed by atoms with Crippen molar-refractivity contribution in [3.05, 3.63) is 38.4 Å². The molecule has 0 atom stereocenters. The van der Waals surface area contributed by atoms with E-state index in [0.717, 1.165) is 32.2 Å². The van der Waals surface area contributed by atoms with Crippen LogP contribution in [0, 0.1) is 21.2 Å². The van der Waals surface area contributed by atoms with E-state index in [4.69, 9.17) is 12.2 Å². The molecule has 2 heterocycles. The van der Waals surface area contributed by atoms with Gasteiger partial charge in [0.05, 0.1) is 10.2 Å². The van der Waals surface area contributed by atoms with Gasteiger partial charge >= 0.3 is 0 Å². The average Bonchev–Trinajstić information content (AvgIpc) is 2.85. The fraction of sp³-hybridized carbons (Fsp3) is 0.357. The van der Waals surface area contributed by atoms with E-state index < -0.39 is 0 Å². The second-order valence-electron chi connectivity index (χ2n) is 4.69. The second kappa shape index (κ2) is 4.98. The van der Waals surface area contributed by atoms with Crippen LogP contribution in [0.1, 0.15) is 25.5 Å². The van der Waals surface area contributed by atoms with Gasteiger partial charge in [0.25, 0.3) is 0 Å². The molecule has 3 nitrogen and oxygen atoms in total. The maximum Gasteiger partial charge on any atom is 0.116 e. The van der Waals surface area contributed by atoms with E-state index in [1.807, 2.05) is 6.07 Å². The summed E-state index contributed by atoms with van der Waals surface area (Å²) >= 11 is 7.22. The van der Waals surface area contributed by atoms with Crippen molar-refractivity contribution < 1.29 is 0 Å². The van der Waals surface area contributed by atoms with Crippen LogP contribution in [0.4, 0.5) is 0 Å². The summed E-state index contributed by atoms with van der Waals surface area (Å²) in [5.74, 6) is 0. The summed E-state index contributed by atoms with van der Waals surface area (Å²) < 4.78 is 4.35. The van der Waals surface area contributed by atoms with E-state index >= 15 is 0 Å². The summed E-state index contributed by atoms with van der Waals surface area (Å²) in [6, 6.07) is 4.13. The quantitative estimate of drug-likeness (QED) is 0.683. The van der Waals surface area contributed by atoms with Gasteiger partial charge < -0.3 is 3.96 Å². The first-order chi connectivity index (χ1) is 9.20. The molecule has 0 fully saturated rings. The van der Waals surface area contributed by atoms with Gasteiger partial charge in [0.1, 0.15) is 12.0 Å². The van der Waals surface area contributed by atoms with Gasteiger partial charge in [0.2, 0.25) is 0 Å². The lowest BCUT2D eigenvalue weighted by atomic mass is 10.2. The fourth-order valence-corrected chi connectivity index (χ4v) is 3.70. The van der Waals surface area contributed by atoms with Gasteiger partial charge in [-0.05, 0) is 25.5 Å². The van der Waals surface area contributed by atoms with Gasteiger partial charge in [-0.2, -0.15) is 0 Å². The van der Waals surface area contributed by atoms with E-state index in [1.54, 1.807) is 17.9 Å². The number of rotatable bonds is 3. The van der Waals surface area contributed by atoms with Crippen molar-refractivity contribution in [2.75, 3.05) is 0 Å². The van der Waals surface area contributed by atoms with Crippen LogP contribution in [-0.2, 0) is 6.54 Å². The molecule has 0 bridgehead atoms. The number of fused-ring (bicyclic) bond motifs is 2. The molecule has 0 radical (unpaired) electrons. The van der Waals surface area contributed by atoms with Crippen molar-refractivity contribution in [1.29, 1.82) is 0 Å². The molecule has 3 aliphatic rings. The van der Waals surface area contributed by atoms with E-state index in [2.05, 4.69) is 33.8 Å². The molecular formula is C14H15N3S2. The number of imidazole rings is 1. The summed E-state index contributed by atoms with van der Waals surface area (Å²) in [6.07, 6.45) is 4.00. The van der Waals surface area contributed by atoms with Crippen LogP contribution in [0.3, 0.4) is 0 Å². The Balaban J connectivity index is 2.34. The Morgan fingerprint density at radius 3 is 2.95 bits per heavy atom. The number of hydrogen-bond acceptors (Lipinski definition) is 4. The third-order valence-electron chi connectivity index (χ3n) is 3.28. The van der Waals surface area contributed by atoms with Crippen molar-refractivity contribution in [3.63, 3.8) is 0 Å². The van der Waals surface area contributed by atoms with Gasteiger partial charge in [-0.25, -0.2) is 9.97 Å². The Morgan fingerprint density at radius 2 is 2.16 bits per heavy atom. The molecule has 5 heteroatoms. The SMILES string of the molecule is CCCCn1sc2c3ncnc-3cc(=S)c=2cc1C. The fourth-order valence-electron chi connectivity index (χ4n) is 2.21. The number of unbranched alkanes of at least 4 members (excludes halogenated alkanes) is 1. The van der Waals surface area contributed by atoms with E-state index in [0.29, 0.717) is 0 Å². The first-order valence-corrected chi connectivity index (χ1v) is 7.64. The van der Waals surface area contributed by atoms with Crippen molar-refractivity contribution >= 4 is 23.8 Å². The third-order valence-corrected chi connectivity index (χ3v) is 4.91. The third kappa shape index (κ3) is 2.17. The minimum Gasteiger partial charge on any atom is -0.302 e. The second-order valence-corrected chi connectivity index (χ2v) is 6.16. The zero-order chi connectivity index (χ0) is 13.4. The minimum absolute atomic E-state index is 0.866. The van der Waals surface area contributed by atoms with E-state index in [-0.39, 0.29) is 0 Å². The molecule has 0 saturated heterocycles. The van der Waals surface area contributed by atoms with Crippen molar-refractivity contribution in [3.8, 4) is 11.4 Å². The van der Waals surface area contributed by atoms with E-state index in [9.17, 15) is 0 Å². The molecule has 0 aromatic carbocycles. The summed E-state index contributed by atoms with van der Waals surface area (Å²) in [6.45, 7) is 5.41. The van der Waals surface area contributed by atoms with Crippen LogP contribution in [-0.4, -0.2) is 13.9 Å². The predicted octanol–water partition coefficient (Wildman–Crippen LogP) is 4.01. The number of nitrogens with zero attached hydrogens (tertiary/aromatic N) is 3. The highest BCUT2D eigenvalue weighted by Crippen LogP contribution is 2.24. The molecule has 0 aromatic heterocycles. The standard InChI is InChI=1S/C14H15N3S2/c1-3-4-5-17-9(2)6-10-12(18)7-11-13(14(10)19-17)16-8-15-11/h6-8H,3-5H2,1-2H3. The minimum atomic E-state index is 0.866. The zero-order valence-corrected chi connectivity index (χ0v) is 12.6. The molecule has 3 rings (SSSR count). The Labute approximate surface area is 121 Å².